The standard InChI is InChI=1S/C17H24FN3O4S/c18-13-8-14(19-9-13)10-20-17(23)12-3-1-5-16(7-12)26(24,25)21-6-2-4-15(21)11-22/h1,3,5,7,13-15,19,22H,2,4,6,8-11H2,(H,20,23)/t13-,14-,15-/m0/s1. The fourth-order valence-corrected chi connectivity index (χ4v) is 5.22. The Hall–Kier alpha value is -1.55. The molecule has 26 heavy (non-hydrogen) atoms. The first-order chi connectivity index (χ1) is 12.4. The van der Waals surface area contributed by atoms with Crippen LogP contribution < -0.4 is 10.6 Å². The molecule has 2 heterocycles. The van der Waals surface area contributed by atoms with Crippen molar-refractivity contribution in [3.8, 4) is 0 Å². The number of nitrogens with one attached hydrogen (secondary N) is 2. The van der Waals surface area contributed by atoms with Gasteiger partial charge in [0.05, 0.1) is 11.5 Å². The Morgan fingerprint density at radius 2 is 2.23 bits per heavy atom. The average Bonchev–Trinajstić information content (AvgIpc) is 3.28. The van der Waals surface area contributed by atoms with Crippen LogP contribution in [-0.4, -0.2) is 68.2 Å². The molecule has 0 bridgehead atoms. The van der Waals surface area contributed by atoms with Crippen LogP contribution in [0.25, 0.3) is 0 Å². The Morgan fingerprint density at radius 3 is 2.92 bits per heavy atom. The van der Waals surface area contributed by atoms with E-state index in [0.717, 1.165) is 0 Å². The van der Waals surface area contributed by atoms with Gasteiger partial charge in [-0.3, -0.25) is 4.79 Å². The highest BCUT2D eigenvalue weighted by Gasteiger charge is 2.35. The summed E-state index contributed by atoms with van der Waals surface area (Å²) in [5.74, 6) is -0.397. The zero-order valence-electron chi connectivity index (χ0n) is 14.4. The SMILES string of the molecule is O=C(NC[C@@H]1C[C@H](F)CN1)c1cccc(S(=O)(=O)N2CCC[C@H]2CO)c1. The molecule has 3 rings (SSSR count). The van der Waals surface area contributed by atoms with Gasteiger partial charge >= 0.3 is 0 Å². The van der Waals surface area contributed by atoms with Gasteiger partial charge < -0.3 is 15.7 Å². The highest BCUT2D eigenvalue weighted by molar-refractivity contribution is 7.89. The van der Waals surface area contributed by atoms with E-state index in [1.165, 1.54) is 22.5 Å². The first-order valence-corrected chi connectivity index (χ1v) is 10.2. The van der Waals surface area contributed by atoms with Gasteiger partial charge in [0.2, 0.25) is 10.0 Å². The molecule has 1 aromatic carbocycles. The highest BCUT2D eigenvalue weighted by atomic mass is 32.2. The van der Waals surface area contributed by atoms with Crippen molar-refractivity contribution in [2.45, 2.75) is 42.4 Å². The Morgan fingerprint density at radius 1 is 1.42 bits per heavy atom. The molecule has 0 aliphatic carbocycles. The largest absolute Gasteiger partial charge is 0.395 e. The second-order valence-electron chi connectivity index (χ2n) is 6.77. The van der Waals surface area contributed by atoms with Crippen molar-refractivity contribution >= 4 is 15.9 Å². The molecule has 3 N–H and O–H groups in total. The number of alkyl halides is 1. The molecular weight excluding hydrogens is 361 g/mol. The molecular formula is C17H24FN3O4S. The molecule has 2 aliphatic rings. The Balaban J connectivity index is 1.70. The lowest BCUT2D eigenvalue weighted by atomic mass is 10.2. The van der Waals surface area contributed by atoms with Crippen LogP contribution in [0.3, 0.4) is 0 Å². The van der Waals surface area contributed by atoms with E-state index < -0.39 is 28.1 Å². The predicted molar refractivity (Wildman–Crippen MR) is 94.1 cm³/mol. The summed E-state index contributed by atoms with van der Waals surface area (Å²) in [7, 11) is -3.76. The lowest BCUT2D eigenvalue weighted by Gasteiger charge is -2.22. The van der Waals surface area contributed by atoms with Crippen LogP contribution in [0.4, 0.5) is 4.39 Å². The number of carbonyl (C=O) groups excluding carboxylic acids is 1. The summed E-state index contributed by atoms with van der Waals surface area (Å²) < 4.78 is 40.1. The van der Waals surface area contributed by atoms with E-state index in [9.17, 15) is 22.7 Å². The summed E-state index contributed by atoms with van der Waals surface area (Å²) in [4.78, 5) is 12.4. The van der Waals surface area contributed by atoms with Gasteiger partial charge in [0.25, 0.3) is 5.91 Å². The zero-order valence-corrected chi connectivity index (χ0v) is 15.2. The summed E-state index contributed by atoms with van der Waals surface area (Å²) in [5.41, 5.74) is 0.237. The highest BCUT2D eigenvalue weighted by Crippen LogP contribution is 2.26. The molecule has 2 saturated heterocycles. The van der Waals surface area contributed by atoms with Crippen molar-refractivity contribution in [1.29, 1.82) is 0 Å². The molecule has 2 aliphatic heterocycles. The predicted octanol–water partition coefficient (Wildman–Crippen LogP) is 0.262. The molecule has 0 saturated carbocycles. The molecule has 144 valence electrons. The van der Waals surface area contributed by atoms with Gasteiger partial charge in [-0.05, 0) is 37.5 Å². The molecule has 1 aromatic rings. The van der Waals surface area contributed by atoms with E-state index in [1.54, 1.807) is 6.07 Å². The number of aliphatic hydroxyl groups is 1. The van der Waals surface area contributed by atoms with Gasteiger partial charge in [-0.2, -0.15) is 4.31 Å². The van der Waals surface area contributed by atoms with Crippen LogP contribution in [0.2, 0.25) is 0 Å². The Bertz CT molecular complexity index is 758. The maximum Gasteiger partial charge on any atom is 0.251 e. The van der Waals surface area contributed by atoms with E-state index in [1.807, 2.05) is 0 Å². The van der Waals surface area contributed by atoms with Crippen LogP contribution in [0.15, 0.2) is 29.2 Å². The molecule has 1 amide bonds. The first-order valence-electron chi connectivity index (χ1n) is 8.80. The summed E-state index contributed by atoms with van der Waals surface area (Å²) in [6.45, 7) is 0.718. The third-order valence-corrected chi connectivity index (χ3v) is 6.86. The molecule has 9 heteroatoms. The number of sulfonamides is 1. The number of nitrogens with zero attached hydrogens (tertiary/aromatic N) is 1. The van der Waals surface area contributed by atoms with Gasteiger partial charge in [-0.15, -0.1) is 0 Å². The summed E-state index contributed by atoms with van der Waals surface area (Å²) in [6.07, 6.45) is 0.783. The number of hydrogen-bond acceptors (Lipinski definition) is 5. The van der Waals surface area contributed by atoms with Crippen LogP contribution in [-0.2, 0) is 10.0 Å². The van der Waals surface area contributed by atoms with Crippen molar-refractivity contribution in [2.75, 3.05) is 26.2 Å². The normalized spacial score (nSPS) is 26.9. The van der Waals surface area contributed by atoms with Gasteiger partial charge in [-0.25, -0.2) is 12.8 Å². The van der Waals surface area contributed by atoms with E-state index in [0.29, 0.717) is 25.8 Å². The number of benzene rings is 1. The van der Waals surface area contributed by atoms with Crippen molar-refractivity contribution in [1.82, 2.24) is 14.9 Å². The molecule has 0 radical (unpaired) electrons. The summed E-state index contributed by atoms with van der Waals surface area (Å²) >= 11 is 0. The first kappa shape index (κ1) is 19.2. The smallest absolute Gasteiger partial charge is 0.251 e. The van der Waals surface area contributed by atoms with Crippen molar-refractivity contribution in [3.05, 3.63) is 29.8 Å². The lowest BCUT2D eigenvalue weighted by Crippen LogP contribution is -2.38. The Kier molecular flexibility index (Phi) is 5.91. The number of hydrogen-bond donors (Lipinski definition) is 3. The van der Waals surface area contributed by atoms with Gasteiger partial charge in [0.15, 0.2) is 0 Å². The number of amides is 1. The topological polar surface area (TPSA) is 98.7 Å². The fourth-order valence-electron chi connectivity index (χ4n) is 3.48. The molecule has 0 aromatic heterocycles. The average molecular weight is 385 g/mol. The number of aliphatic hydroxyl groups excluding tert-OH is 1. The minimum atomic E-state index is -3.76. The molecule has 2 fully saturated rings. The maximum absolute atomic E-state index is 13.1. The van der Waals surface area contributed by atoms with Crippen LogP contribution in [0.5, 0.6) is 0 Å². The van der Waals surface area contributed by atoms with E-state index in [4.69, 9.17) is 0 Å². The van der Waals surface area contributed by atoms with Crippen LogP contribution in [0.1, 0.15) is 29.6 Å². The number of rotatable bonds is 6. The van der Waals surface area contributed by atoms with E-state index in [2.05, 4.69) is 10.6 Å². The van der Waals surface area contributed by atoms with Crippen molar-refractivity contribution in [2.24, 2.45) is 0 Å². The minimum Gasteiger partial charge on any atom is -0.395 e. The zero-order chi connectivity index (χ0) is 18.7. The second-order valence-corrected chi connectivity index (χ2v) is 8.66. The fraction of sp³-hybridized carbons (Fsp3) is 0.588. The summed E-state index contributed by atoms with van der Waals surface area (Å²) in [6, 6.07) is 5.33. The second kappa shape index (κ2) is 7.99. The third kappa shape index (κ3) is 4.06. The van der Waals surface area contributed by atoms with Gasteiger partial charge in [0, 0.05) is 37.3 Å². The van der Waals surface area contributed by atoms with Crippen LogP contribution in [0, 0.1) is 0 Å². The van der Waals surface area contributed by atoms with E-state index >= 15 is 0 Å². The molecule has 0 spiro atoms. The summed E-state index contributed by atoms with van der Waals surface area (Å²) in [5, 5.41) is 15.1. The maximum atomic E-state index is 13.1. The lowest BCUT2D eigenvalue weighted by molar-refractivity contribution is 0.0949. The number of halogens is 1. The molecule has 7 nitrogen and oxygen atoms in total. The third-order valence-electron chi connectivity index (χ3n) is 4.91. The van der Waals surface area contributed by atoms with Crippen LogP contribution >= 0.6 is 0 Å². The monoisotopic (exact) mass is 385 g/mol. The quantitative estimate of drug-likeness (QED) is 0.653. The van der Waals surface area contributed by atoms with Crippen molar-refractivity contribution in [3.63, 3.8) is 0 Å². The molecule has 0 unspecified atom stereocenters. The van der Waals surface area contributed by atoms with Gasteiger partial charge in [-0.1, -0.05) is 6.07 Å². The molecule has 3 atom stereocenters. The van der Waals surface area contributed by atoms with Gasteiger partial charge in [0.1, 0.15) is 6.17 Å². The van der Waals surface area contributed by atoms with Crippen molar-refractivity contribution < 1.29 is 22.7 Å². The number of carbonyl (C=O) groups is 1. The minimum absolute atomic E-state index is 0.0355. The Labute approximate surface area is 152 Å². The van der Waals surface area contributed by atoms with E-state index in [-0.39, 0.29) is 36.2 Å².